The molecule has 84 valence electrons. The Labute approximate surface area is 90.0 Å². The summed E-state index contributed by atoms with van der Waals surface area (Å²) >= 11 is 0. The third-order valence-corrected chi connectivity index (χ3v) is 3.24. The summed E-state index contributed by atoms with van der Waals surface area (Å²) in [6, 6.07) is 3.51. The molecule has 1 heterocycles. The van der Waals surface area contributed by atoms with Gasteiger partial charge in [0.2, 0.25) is 10.0 Å². The Morgan fingerprint density at radius 2 is 2.20 bits per heavy atom. The Morgan fingerprint density at radius 1 is 1.53 bits per heavy atom. The minimum atomic E-state index is -3.29. The van der Waals surface area contributed by atoms with Crippen molar-refractivity contribution in [2.75, 3.05) is 17.1 Å². The summed E-state index contributed by atoms with van der Waals surface area (Å²) in [5, 5.41) is 0. The number of hydrogen-bond acceptors (Lipinski definition) is 4. The molecule has 6 heteroatoms. The second kappa shape index (κ2) is 4.59. The van der Waals surface area contributed by atoms with Gasteiger partial charge in [-0.2, -0.15) is 0 Å². The van der Waals surface area contributed by atoms with Crippen LogP contribution in [0.5, 0.6) is 0 Å². The Bertz CT molecular complexity index is 431. The molecule has 0 fully saturated rings. The molecule has 0 aliphatic heterocycles. The second-order valence-corrected chi connectivity index (χ2v) is 5.02. The van der Waals surface area contributed by atoms with Crippen LogP contribution in [0.15, 0.2) is 18.3 Å². The summed E-state index contributed by atoms with van der Waals surface area (Å²) in [5.41, 5.74) is 6.25. The van der Waals surface area contributed by atoms with Gasteiger partial charge in [-0.3, -0.25) is 4.31 Å². The molecule has 0 saturated carbocycles. The molecule has 0 aliphatic rings. The van der Waals surface area contributed by atoms with Crippen molar-refractivity contribution in [3.8, 4) is 0 Å². The van der Waals surface area contributed by atoms with E-state index in [9.17, 15) is 8.42 Å². The van der Waals surface area contributed by atoms with Crippen LogP contribution in [-0.2, 0) is 16.6 Å². The minimum absolute atomic E-state index is 0.273. The zero-order chi connectivity index (χ0) is 11.5. The van der Waals surface area contributed by atoms with Gasteiger partial charge in [0.05, 0.1) is 6.26 Å². The molecule has 0 radical (unpaired) electrons. The Kier molecular flexibility index (Phi) is 3.65. The summed E-state index contributed by atoms with van der Waals surface area (Å²) < 4.78 is 24.2. The minimum Gasteiger partial charge on any atom is -0.326 e. The molecule has 1 rings (SSSR count). The predicted octanol–water partition coefficient (Wildman–Crippen LogP) is 0.326. The van der Waals surface area contributed by atoms with Crippen LogP contribution >= 0.6 is 0 Å². The SMILES string of the molecule is CCN(c1ncccc1CN)S(C)(=O)=O. The Hall–Kier alpha value is -1.14. The van der Waals surface area contributed by atoms with Gasteiger partial charge in [0.25, 0.3) is 0 Å². The van der Waals surface area contributed by atoms with Gasteiger partial charge < -0.3 is 5.73 Å². The van der Waals surface area contributed by atoms with Gasteiger partial charge >= 0.3 is 0 Å². The van der Waals surface area contributed by atoms with Gasteiger partial charge in [-0.15, -0.1) is 0 Å². The van der Waals surface area contributed by atoms with Gasteiger partial charge in [0.1, 0.15) is 5.82 Å². The average molecular weight is 229 g/mol. The molecule has 1 aromatic rings. The first-order chi connectivity index (χ1) is 7.00. The van der Waals surface area contributed by atoms with Crippen LogP contribution in [0.3, 0.4) is 0 Å². The lowest BCUT2D eigenvalue weighted by Gasteiger charge is -2.21. The van der Waals surface area contributed by atoms with Crippen molar-refractivity contribution >= 4 is 15.8 Å². The Morgan fingerprint density at radius 3 is 2.67 bits per heavy atom. The number of rotatable bonds is 4. The van der Waals surface area contributed by atoms with E-state index in [4.69, 9.17) is 5.73 Å². The van der Waals surface area contributed by atoms with E-state index in [1.165, 1.54) is 4.31 Å². The van der Waals surface area contributed by atoms with Crippen LogP contribution in [0.4, 0.5) is 5.82 Å². The average Bonchev–Trinajstić information content (AvgIpc) is 2.17. The third kappa shape index (κ3) is 2.66. The molecule has 15 heavy (non-hydrogen) atoms. The maximum absolute atomic E-state index is 11.5. The normalized spacial score (nSPS) is 11.4. The van der Waals surface area contributed by atoms with E-state index in [1.807, 2.05) is 0 Å². The summed E-state index contributed by atoms with van der Waals surface area (Å²) in [6.45, 7) is 2.38. The fourth-order valence-corrected chi connectivity index (χ4v) is 2.30. The largest absolute Gasteiger partial charge is 0.326 e. The van der Waals surface area contributed by atoms with Crippen LogP contribution < -0.4 is 10.0 Å². The van der Waals surface area contributed by atoms with Crippen molar-refractivity contribution < 1.29 is 8.42 Å². The molecule has 0 saturated heterocycles. The molecular weight excluding hydrogens is 214 g/mol. The molecule has 5 nitrogen and oxygen atoms in total. The number of sulfonamides is 1. The number of pyridine rings is 1. The topological polar surface area (TPSA) is 76.3 Å². The molecule has 1 aromatic heterocycles. The fraction of sp³-hybridized carbons (Fsp3) is 0.444. The van der Waals surface area contributed by atoms with E-state index in [1.54, 1.807) is 25.3 Å². The third-order valence-electron chi connectivity index (χ3n) is 2.01. The molecule has 0 aromatic carbocycles. The molecule has 0 unspecified atom stereocenters. The standard InChI is InChI=1S/C9H15N3O2S/c1-3-12(15(2,13)14)9-8(7-10)5-4-6-11-9/h4-6H,3,7,10H2,1-2H3. The number of anilines is 1. The summed E-state index contributed by atoms with van der Waals surface area (Å²) in [6.07, 6.45) is 2.72. The lowest BCUT2D eigenvalue weighted by atomic mass is 10.2. The smallest absolute Gasteiger partial charge is 0.233 e. The van der Waals surface area contributed by atoms with Crippen LogP contribution in [-0.4, -0.2) is 26.2 Å². The van der Waals surface area contributed by atoms with Crippen molar-refractivity contribution in [2.24, 2.45) is 5.73 Å². The van der Waals surface area contributed by atoms with Crippen molar-refractivity contribution in [1.82, 2.24) is 4.98 Å². The van der Waals surface area contributed by atoms with Crippen molar-refractivity contribution in [3.63, 3.8) is 0 Å². The van der Waals surface area contributed by atoms with Crippen molar-refractivity contribution in [1.29, 1.82) is 0 Å². The van der Waals surface area contributed by atoms with Gasteiger partial charge in [0, 0.05) is 24.8 Å². The summed E-state index contributed by atoms with van der Waals surface area (Å²) in [7, 11) is -3.29. The molecule has 0 spiro atoms. The van der Waals surface area contributed by atoms with Crippen LogP contribution in [0.25, 0.3) is 0 Å². The van der Waals surface area contributed by atoms with E-state index in [0.29, 0.717) is 12.4 Å². The number of aromatic nitrogens is 1. The molecular formula is C9H15N3O2S. The van der Waals surface area contributed by atoms with Gasteiger partial charge in [-0.25, -0.2) is 13.4 Å². The molecule has 0 atom stereocenters. The van der Waals surface area contributed by atoms with Crippen LogP contribution in [0.1, 0.15) is 12.5 Å². The maximum atomic E-state index is 11.5. The van der Waals surface area contributed by atoms with E-state index < -0.39 is 10.0 Å². The van der Waals surface area contributed by atoms with Gasteiger partial charge in [-0.05, 0) is 13.0 Å². The molecule has 2 N–H and O–H groups in total. The highest BCUT2D eigenvalue weighted by Crippen LogP contribution is 2.18. The number of nitrogens with two attached hydrogens (primary N) is 1. The van der Waals surface area contributed by atoms with E-state index in [2.05, 4.69) is 4.98 Å². The van der Waals surface area contributed by atoms with Crippen LogP contribution in [0, 0.1) is 0 Å². The number of hydrogen-bond donors (Lipinski definition) is 1. The quantitative estimate of drug-likeness (QED) is 0.807. The highest BCUT2D eigenvalue weighted by atomic mass is 32.2. The molecule has 0 amide bonds. The summed E-state index contributed by atoms with van der Waals surface area (Å²) in [5.74, 6) is 0.421. The lowest BCUT2D eigenvalue weighted by Crippen LogP contribution is -2.31. The first-order valence-electron chi connectivity index (χ1n) is 4.62. The van der Waals surface area contributed by atoms with Crippen molar-refractivity contribution in [3.05, 3.63) is 23.9 Å². The first-order valence-corrected chi connectivity index (χ1v) is 6.47. The predicted molar refractivity (Wildman–Crippen MR) is 60.0 cm³/mol. The molecule has 0 bridgehead atoms. The van der Waals surface area contributed by atoms with E-state index >= 15 is 0 Å². The fourth-order valence-electron chi connectivity index (χ4n) is 1.36. The first kappa shape index (κ1) is 11.9. The van der Waals surface area contributed by atoms with Crippen LogP contribution in [0.2, 0.25) is 0 Å². The zero-order valence-corrected chi connectivity index (χ0v) is 9.66. The highest BCUT2D eigenvalue weighted by molar-refractivity contribution is 7.92. The highest BCUT2D eigenvalue weighted by Gasteiger charge is 2.18. The summed E-state index contributed by atoms with van der Waals surface area (Å²) in [4.78, 5) is 4.05. The van der Waals surface area contributed by atoms with Gasteiger partial charge in [0.15, 0.2) is 0 Å². The second-order valence-electron chi connectivity index (χ2n) is 3.12. The van der Waals surface area contributed by atoms with E-state index in [0.717, 1.165) is 11.8 Å². The molecule has 0 aliphatic carbocycles. The maximum Gasteiger partial charge on any atom is 0.233 e. The lowest BCUT2D eigenvalue weighted by molar-refractivity contribution is 0.597. The Balaban J connectivity index is 3.24. The monoisotopic (exact) mass is 229 g/mol. The zero-order valence-electron chi connectivity index (χ0n) is 8.84. The van der Waals surface area contributed by atoms with E-state index in [-0.39, 0.29) is 6.54 Å². The number of nitrogens with zero attached hydrogens (tertiary/aromatic N) is 2. The van der Waals surface area contributed by atoms with Crippen molar-refractivity contribution in [2.45, 2.75) is 13.5 Å². The van der Waals surface area contributed by atoms with Gasteiger partial charge in [-0.1, -0.05) is 6.07 Å².